The molecule has 2 N–H and O–H groups in total. The summed E-state index contributed by atoms with van der Waals surface area (Å²) < 4.78 is 0.457. The van der Waals surface area contributed by atoms with Gasteiger partial charge in [-0.1, -0.05) is 35.8 Å². The summed E-state index contributed by atoms with van der Waals surface area (Å²) in [5, 5.41) is 25.0. The minimum Gasteiger partial charge on any atom is -0.872 e. The standard InChI is InChI=1S/C19H16N2O5S3/c22-14-9-11(5-6-13(14)18(25)26)20-16(23)4-1-7-21-17(24)15(29-19(21)27)10-12-3-2-8-28-12/h2-3,5-6,8-10,22H,1,4,7H2,(H,20,23)(H,25,26)/p-1/b15-10+. The molecule has 1 aromatic heterocycles. The quantitative estimate of drug-likeness (QED) is 0.496. The van der Waals surface area contributed by atoms with Crippen LogP contribution in [-0.4, -0.2) is 38.7 Å². The van der Waals surface area contributed by atoms with Gasteiger partial charge in [-0.15, -0.1) is 11.3 Å². The van der Waals surface area contributed by atoms with E-state index in [9.17, 15) is 19.5 Å². The summed E-state index contributed by atoms with van der Waals surface area (Å²) in [6, 6.07) is 7.40. The van der Waals surface area contributed by atoms with Crippen LogP contribution in [0.15, 0.2) is 40.6 Å². The van der Waals surface area contributed by atoms with E-state index in [1.54, 1.807) is 6.08 Å². The summed E-state index contributed by atoms with van der Waals surface area (Å²) in [5.74, 6) is -2.50. The SMILES string of the molecule is O=C(CCCN1C(=O)/C(=C\c2cccs2)SC1=S)Nc1ccc(C(=O)O)c([O-])c1. The molecule has 10 heteroatoms. The number of benzene rings is 1. The Labute approximate surface area is 180 Å². The second-order valence-corrected chi connectivity index (χ2v) is 8.67. The van der Waals surface area contributed by atoms with E-state index in [1.165, 1.54) is 34.1 Å². The first-order valence-corrected chi connectivity index (χ1v) is 10.6. The van der Waals surface area contributed by atoms with Crippen molar-refractivity contribution in [3.8, 4) is 5.75 Å². The van der Waals surface area contributed by atoms with E-state index in [2.05, 4.69) is 5.32 Å². The zero-order valence-corrected chi connectivity index (χ0v) is 17.4. The average Bonchev–Trinajstić information content (AvgIpc) is 3.25. The molecule has 1 fully saturated rings. The Morgan fingerprint density at radius 3 is 2.76 bits per heavy atom. The number of carboxylic acids is 1. The highest BCUT2D eigenvalue weighted by atomic mass is 32.2. The maximum atomic E-state index is 12.5. The third-order valence-corrected chi connectivity index (χ3v) is 6.17. The smallest absolute Gasteiger partial charge is 0.335 e. The summed E-state index contributed by atoms with van der Waals surface area (Å²) in [6.07, 6.45) is 2.32. The highest BCUT2D eigenvalue weighted by molar-refractivity contribution is 8.26. The van der Waals surface area contributed by atoms with Gasteiger partial charge in [-0.2, -0.15) is 0 Å². The first-order chi connectivity index (χ1) is 13.8. The zero-order chi connectivity index (χ0) is 21.0. The van der Waals surface area contributed by atoms with Crippen molar-refractivity contribution < 1.29 is 24.6 Å². The Morgan fingerprint density at radius 2 is 2.10 bits per heavy atom. The van der Waals surface area contributed by atoms with E-state index in [0.717, 1.165) is 17.0 Å². The lowest BCUT2D eigenvalue weighted by molar-refractivity contribution is -0.268. The molecule has 0 saturated carbocycles. The number of nitrogens with zero attached hydrogens (tertiary/aromatic N) is 1. The van der Waals surface area contributed by atoms with Crippen LogP contribution in [-0.2, 0) is 9.59 Å². The number of thiophene rings is 1. The third kappa shape index (κ3) is 5.22. The molecule has 3 rings (SSSR count). The number of anilines is 1. The molecule has 2 amide bonds. The molecule has 0 bridgehead atoms. The Morgan fingerprint density at radius 1 is 1.31 bits per heavy atom. The highest BCUT2D eigenvalue weighted by Crippen LogP contribution is 2.33. The fraction of sp³-hybridized carbons (Fsp3) is 0.158. The number of amides is 2. The predicted molar refractivity (Wildman–Crippen MR) is 115 cm³/mol. The van der Waals surface area contributed by atoms with E-state index in [0.29, 0.717) is 22.2 Å². The Balaban J connectivity index is 1.51. The van der Waals surface area contributed by atoms with E-state index >= 15 is 0 Å². The van der Waals surface area contributed by atoms with Crippen LogP contribution in [0, 0.1) is 0 Å². The van der Waals surface area contributed by atoms with Crippen molar-refractivity contribution in [1.29, 1.82) is 0 Å². The molecule has 0 unspecified atom stereocenters. The molecule has 1 aromatic carbocycles. The Hall–Kier alpha value is -2.69. The lowest BCUT2D eigenvalue weighted by Crippen LogP contribution is -2.29. The Bertz CT molecular complexity index is 1000. The number of hydrogen-bond acceptors (Lipinski definition) is 7. The minimum absolute atomic E-state index is 0.121. The van der Waals surface area contributed by atoms with Gasteiger partial charge >= 0.3 is 5.97 Å². The molecule has 1 aliphatic heterocycles. The van der Waals surface area contributed by atoms with Gasteiger partial charge in [0.2, 0.25) is 5.91 Å². The van der Waals surface area contributed by atoms with Crippen LogP contribution in [0.5, 0.6) is 5.75 Å². The highest BCUT2D eigenvalue weighted by Gasteiger charge is 2.31. The van der Waals surface area contributed by atoms with E-state index in [4.69, 9.17) is 17.3 Å². The molecule has 0 aliphatic carbocycles. The Kier molecular flexibility index (Phi) is 6.68. The van der Waals surface area contributed by atoms with Crippen molar-refractivity contribution in [1.82, 2.24) is 4.90 Å². The largest absolute Gasteiger partial charge is 0.872 e. The van der Waals surface area contributed by atoms with Crippen molar-refractivity contribution in [2.45, 2.75) is 12.8 Å². The van der Waals surface area contributed by atoms with Crippen molar-refractivity contribution >= 4 is 69.2 Å². The van der Waals surface area contributed by atoms with Gasteiger partial charge in [0.1, 0.15) is 4.32 Å². The van der Waals surface area contributed by atoms with E-state index < -0.39 is 11.7 Å². The van der Waals surface area contributed by atoms with E-state index in [1.807, 2.05) is 17.5 Å². The maximum Gasteiger partial charge on any atom is 0.335 e. The van der Waals surface area contributed by atoms with Gasteiger partial charge in [0.05, 0.1) is 10.5 Å². The van der Waals surface area contributed by atoms with Crippen LogP contribution in [0.2, 0.25) is 0 Å². The molecule has 0 spiro atoms. The van der Waals surface area contributed by atoms with Gasteiger partial charge in [-0.25, -0.2) is 4.79 Å². The summed E-state index contributed by atoms with van der Waals surface area (Å²) in [7, 11) is 0. The van der Waals surface area contributed by atoms with Crippen LogP contribution >= 0.6 is 35.3 Å². The van der Waals surface area contributed by atoms with Crippen LogP contribution in [0.4, 0.5) is 5.69 Å². The van der Waals surface area contributed by atoms with Crippen molar-refractivity contribution in [3.05, 3.63) is 51.1 Å². The molecular formula is C19H15N2O5S3-. The summed E-state index contributed by atoms with van der Waals surface area (Å²) in [6.45, 7) is 0.310. The topological polar surface area (TPSA) is 110 Å². The number of carbonyl (C=O) groups excluding carboxylic acids is 2. The van der Waals surface area contributed by atoms with Gasteiger partial charge in [0.15, 0.2) is 0 Å². The number of carboxylic acid groups (broad SMARTS) is 1. The van der Waals surface area contributed by atoms with Crippen molar-refractivity contribution in [3.63, 3.8) is 0 Å². The molecule has 2 heterocycles. The van der Waals surface area contributed by atoms with Gasteiger partial charge < -0.3 is 15.5 Å². The summed E-state index contributed by atoms with van der Waals surface area (Å²) >= 11 is 8.04. The molecule has 7 nitrogen and oxygen atoms in total. The normalized spacial score (nSPS) is 15.2. The second kappa shape index (κ2) is 9.21. The van der Waals surface area contributed by atoms with Crippen LogP contribution in [0.1, 0.15) is 28.1 Å². The van der Waals surface area contributed by atoms with Crippen molar-refractivity contribution in [2.24, 2.45) is 0 Å². The molecular weight excluding hydrogens is 432 g/mol. The first kappa shape index (κ1) is 21.0. The number of aromatic carboxylic acids is 1. The van der Waals surface area contributed by atoms with Gasteiger partial charge in [0.25, 0.3) is 5.91 Å². The lowest BCUT2D eigenvalue weighted by Gasteiger charge is -2.15. The third-order valence-electron chi connectivity index (χ3n) is 3.97. The first-order valence-electron chi connectivity index (χ1n) is 8.48. The zero-order valence-electron chi connectivity index (χ0n) is 14.9. The van der Waals surface area contributed by atoms with Crippen molar-refractivity contribution in [2.75, 3.05) is 11.9 Å². The van der Waals surface area contributed by atoms with Gasteiger partial charge in [-0.05, 0) is 42.1 Å². The number of thioether (sulfide) groups is 1. The second-order valence-electron chi connectivity index (χ2n) is 6.02. The summed E-state index contributed by atoms with van der Waals surface area (Å²) in [5.41, 5.74) is -0.123. The van der Waals surface area contributed by atoms with Crippen LogP contribution in [0.3, 0.4) is 0 Å². The number of nitrogens with one attached hydrogen (secondary N) is 1. The number of thiocarbonyl (C=S) groups is 1. The number of rotatable bonds is 7. The molecule has 1 aliphatic rings. The molecule has 0 atom stereocenters. The molecule has 1 saturated heterocycles. The monoisotopic (exact) mass is 447 g/mol. The molecule has 0 radical (unpaired) electrons. The molecule has 2 aromatic rings. The lowest BCUT2D eigenvalue weighted by atomic mass is 10.2. The van der Waals surface area contributed by atoms with E-state index in [-0.39, 0.29) is 29.5 Å². The van der Waals surface area contributed by atoms with Gasteiger partial charge in [0, 0.05) is 23.5 Å². The average molecular weight is 448 g/mol. The molecule has 29 heavy (non-hydrogen) atoms. The summed E-state index contributed by atoms with van der Waals surface area (Å²) in [4.78, 5) is 38.4. The predicted octanol–water partition coefficient (Wildman–Crippen LogP) is 3.14. The molecule has 150 valence electrons. The van der Waals surface area contributed by atoms with Crippen LogP contribution < -0.4 is 10.4 Å². The van der Waals surface area contributed by atoms with Gasteiger partial charge in [-0.3, -0.25) is 14.5 Å². The minimum atomic E-state index is -1.32. The number of hydrogen-bond donors (Lipinski definition) is 2. The number of carbonyl (C=O) groups is 3. The van der Waals surface area contributed by atoms with Crippen LogP contribution in [0.25, 0.3) is 6.08 Å². The maximum absolute atomic E-state index is 12.5. The fourth-order valence-corrected chi connectivity index (χ4v) is 4.62. The fourth-order valence-electron chi connectivity index (χ4n) is 2.59.